The van der Waals surface area contributed by atoms with E-state index in [0.717, 1.165) is 11.1 Å². The SMILES string of the molecule is C=CC(Cl)CC1=C(C)OC(c2ccccc2)N(Cc2ccccc2)C1=O. The van der Waals surface area contributed by atoms with E-state index in [-0.39, 0.29) is 11.3 Å². The number of rotatable bonds is 6. The molecule has 0 aliphatic carbocycles. The van der Waals surface area contributed by atoms with Crippen LogP contribution in [0.25, 0.3) is 0 Å². The molecule has 4 heteroatoms. The van der Waals surface area contributed by atoms with E-state index >= 15 is 0 Å². The third-order valence-electron chi connectivity index (χ3n) is 4.45. The first-order valence-electron chi connectivity index (χ1n) is 8.63. The zero-order valence-corrected chi connectivity index (χ0v) is 15.5. The third-order valence-corrected chi connectivity index (χ3v) is 4.78. The Morgan fingerprint density at radius 2 is 1.77 bits per heavy atom. The Kier molecular flexibility index (Phi) is 5.79. The Balaban J connectivity index is 1.97. The molecule has 3 rings (SSSR count). The second kappa shape index (κ2) is 8.24. The Labute approximate surface area is 159 Å². The molecule has 1 aliphatic rings. The number of carbonyl (C=O) groups excluding carboxylic acids is 1. The lowest BCUT2D eigenvalue weighted by atomic mass is 10.0. The number of carbonyl (C=O) groups is 1. The van der Waals surface area contributed by atoms with Crippen LogP contribution in [0.1, 0.15) is 30.7 Å². The molecule has 2 atom stereocenters. The number of hydrogen-bond donors (Lipinski definition) is 0. The Hall–Kier alpha value is -2.52. The second-order valence-electron chi connectivity index (χ2n) is 6.29. The molecule has 3 nitrogen and oxygen atoms in total. The zero-order valence-electron chi connectivity index (χ0n) is 14.8. The fourth-order valence-corrected chi connectivity index (χ4v) is 3.20. The van der Waals surface area contributed by atoms with Crippen LogP contribution in [0.5, 0.6) is 0 Å². The van der Waals surface area contributed by atoms with E-state index in [4.69, 9.17) is 16.3 Å². The molecular formula is C22H22ClNO2. The summed E-state index contributed by atoms with van der Waals surface area (Å²) in [6.45, 7) is 6.00. The zero-order chi connectivity index (χ0) is 18.5. The summed E-state index contributed by atoms with van der Waals surface area (Å²) < 4.78 is 6.18. The van der Waals surface area contributed by atoms with Crippen molar-refractivity contribution in [3.8, 4) is 0 Å². The monoisotopic (exact) mass is 367 g/mol. The largest absolute Gasteiger partial charge is 0.470 e. The van der Waals surface area contributed by atoms with Gasteiger partial charge >= 0.3 is 0 Å². The minimum atomic E-state index is -0.454. The molecule has 2 aromatic rings. The van der Waals surface area contributed by atoms with Gasteiger partial charge in [0.05, 0.1) is 11.0 Å². The summed E-state index contributed by atoms with van der Waals surface area (Å²) >= 11 is 6.21. The van der Waals surface area contributed by atoms with Gasteiger partial charge < -0.3 is 4.74 Å². The topological polar surface area (TPSA) is 29.5 Å². The van der Waals surface area contributed by atoms with E-state index in [9.17, 15) is 4.79 Å². The van der Waals surface area contributed by atoms with Crippen LogP contribution < -0.4 is 0 Å². The first-order chi connectivity index (χ1) is 12.6. The van der Waals surface area contributed by atoms with Gasteiger partial charge in [-0.3, -0.25) is 9.69 Å². The van der Waals surface area contributed by atoms with Gasteiger partial charge in [0.1, 0.15) is 5.76 Å². The van der Waals surface area contributed by atoms with Crippen molar-refractivity contribution in [2.24, 2.45) is 0 Å². The molecule has 0 fully saturated rings. The van der Waals surface area contributed by atoms with Crippen LogP contribution in [0.15, 0.2) is 84.7 Å². The first-order valence-corrected chi connectivity index (χ1v) is 9.06. The second-order valence-corrected chi connectivity index (χ2v) is 6.85. The highest BCUT2D eigenvalue weighted by Gasteiger charge is 2.35. The number of benzene rings is 2. The fraction of sp³-hybridized carbons (Fsp3) is 0.227. The minimum Gasteiger partial charge on any atom is -0.470 e. The summed E-state index contributed by atoms with van der Waals surface area (Å²) in [6.07, 6.45) is 1.59. The molecule has 0 aromatic heterocycles. The van der Waals surface area contributed by atoms with Gasteiger partial charge in [0.25, 0.3) is 5.91 Å². The fourth-order valence-electron chi connectivity index (χ4n) is 3.04. The molecule has 26 heavy (non-hydrogen) atoms. The maximum Gasteiger partial charge on any atom is 0.256 e. The van der Waals surface area contributed by atoms with Crippen LogP contribution in [0.3, 0.4) is 0 Å². The number of hydrogen-bond acceptors (Lipinski definition) is 2. The van der Waals surface area contributed by atoms with Gasteiger partial charge in [-0.15, -0.1) is 18.2 Å². The van der Waals surface area contributed by atoms with Gasteiger partial charge in [0.15, 0.2) is 0 Å². The maximum atomic E-state index is 13.3. The Bertz CT molecular complexity index is 801. The number of nitrogens with zero attached hydrogens (tertiary/aromatic N) is 1. The van der Waals surface area contributed by atoms with Gasteiger partial charge in [-0.25, -0.2) is 0 Å². The summed E-state index contributed by atoms with van der Waals surface area (Å²) in [5, 5.41) is -0.306. The van der Waals surface area contributed by atoms with E-state index < -0.39 is 6.23 Å². The van der Waals surface area contributed by atoms with E-state index in [1.807, 2.05) is 67.6 Å². The van der Waals surface area contributed by atoms with Crippen LogP contribution in [0, 0.1) is 0 Å². The highest BCUT2D eigenvalue weighted by atomic mass is 35.5. The van der Waals surface area contributed by atoms with Crippen LogP contribution in [0.4, 0.5) is 0 Å². The molecule has 1 amide bonds. The van der Waals surface area contributed by atoms with Crippen molar-refractivity contribution < 1.29 is 9.53 Å². The minimum absolute atomic E-state index is 0.0426. The normalized spacial score (nSPS) is 18.5. The van der Waals surface area contributed by atoms with Gasteiger partial charge in [0.2, 0.25) is 6.23 Å². The van der Waals surface area contributed by atoms with Crippen LogP contribution in [-0.2, 0) is 16.1 Å². The highest BCUT2D eigenvalue weighted by Crippen LogP contribution is 2.35. The molecule has 2 aromatic carbocycles. The predicted molar refractivity (Wildman–Crippen MR) is 104 cm³/mol. The molecule has 0 bridgehead atoms. The maximum absolute atomic E-state index is 13.3. The van der Waals surface area contributed by atoms with Crippen molar-refractivity contribution >= 4 is 17.5 Å². The van der Waals surface area contributed by atoms with Crippen LogP contribution in [0.2, 0.25) is 0 Å². The average Bonchev–Trinajstić information content (AvgIpc) is 2.68. The summed E-state index contributed by atoms with van der Waals surface area (Å²) in [6, 6.07) is 19.7. The molecule has 2 unspecified atom stereocenters. The molecule has 0 N–H and O–H groups in total. The lowest BCUT2D eigenvalue weighted by Crippen LogP contribution is -2.41. The predicted octanol–water partition coefficient (Wildman–Crippen LogP) is 5.20. The molecule has 0 saturated heterocycles. The van der Waals surface area contributed by atoms with Crippen molar-refractivity contribution in [2.45, 2.75) is 31.5 Å². The van der Waals surface area contributed by atoms with Gasteiger partial charge in [-0.2, -0.15) is 0 Å². The van der Waals surface area contributed by atoms with E-state index in [0.29, 0.717) is 24.3 Å². The van der Waals surface area contributed by atoms with Crippen LogP contribution >= 0.6 is 11.6 Å². The number of amides is 1. The van der Waals surface area contributed by atoms with E-state index in [2.05, 4.69) is 6.58 Å². The molecular weight excluding hydrogens is 346 g/mol. The van der Waals surface area contributed by atoms with Crippen molar-refractivity contribution in [3.63, 3.8) is 0 Å². The van der Waals surface area contributed by atoms with Gasteiger partial charge in [-0.1, -0.05) is 66.7 Å². The van der Waals surface area contributed by atoms with E-state index in [1.54, 1.807) is 11.0 Å². The first kappa shape index (κ1) is 18.3. The highest BCUT2D eigenvalue weighted by molar-refractivity contribution is 6.22. The van der Waals surface area contributed by atoms with Crippen molar-refractivity contribution in [2.75, 3.05) is 0 Å². The van der Waals surface area contributed by atoms with Gasteiger partial charge in [0, 0.05) is 18.5 Å². The quantitative estimate of drug-likeness (QED) is 0.518. The summed E-state index contributed by atoms with van der Waals surface area (Å²) in [5.41, 5.74) is 2.60. The molecule has 1 heterocycles. The van der Waals surface area contributed by atoms with Crippen molar-refractivity contribution in [1.29, 1.82) is 0 Å². The standard InChI is InChI=1S/C22H22ClNO2/c1-3-19(23)14-20-16(2)26-22(18-12-8-5-9-13-18)24(21(20)25)15-17-10-6-4-7-11-17/h3-13,19,22H,1,14-15H2,2H3. The van der Waals surface area contributed by atoms with Crippen LogP contribution in [-0.4, -0.2) is 16.2 Å². The molecule has 0 radical (unpaired) electrons. The molecule has 134 valence electrons. The number of allylic oxidation sites excluding steroid dienone is 2. The number of ether oxygens (including phenoxy) is 1. The Morgan fingerprint density at radius 3 is 2.38 bits per heavy atom. The van der Waals surface area contributed by atoms with Crippen molar-refractivity contribution in [3.05, 3.63) is 95.8 Å². The number of halogens is 1. The smallest absolute Gasteiger partial charge is 0.256 e. The summed E-state index contributed by atoms with van der Waals surface area (Å²) in [4.78, 5) is 15.0. The third kappa shape index (κ3) is 4.00. The number of alkyl halides is 1. The summed E-state index contributed by atoms with van der Waals surface area (Å²) in [7, 11) is 0. The Morgan fingerprint density at radius 1 is 1.15 bits per heavy atom. The lowest BCUT2D eigenvalue weighted by Gasteiger charge is -2.38. The van der Waals surface area contributed by atoms with E-state index in [1.165, 1.54) is 0 Å². The molecule has 0 spiro atoms. The van der Waals surface area contributed by atoms with Gasteiger partial charge in [-0.05, 0) is 12.5 Å². The molecule has 1 aliphatic heterocycles. The summed E-state index contributed by atoms with van der Waals surface area (Å²) in [5.74, 6) is 0.583. The van der Waals surface area contributed by atoms with Crippen molar-refractivity contribution in [1.82, 2.24) is 4.90 Å². The molecule has 0 saturated carbocycles. The lowest BCUT2D eigenvalue weighted by molar-refractivity contribution is -0.146. The average molecular weight is 368 g/mol.